The summed E-state index contributed by atoms with van der Waals surface area (Å²) in [6.45, 7) is 0.378. The van der Waals surface area contributed by atoms with Crippen molar-refractivity contribution < 1.29 is 18.1 Å². The first-order valence-corrected chi connectivity index (χ1v) is 9.75. The highest BCUT2D eigenvalue weighted by molar-refractivity contribution is 7.90. The van der Waals surface area contributed by atoms with Crippen LogP contribution in [0.5, 0.6) is 0 Å². The Morgan fingerprint density at radius 2 is 1.88 bits per heavy atom. The molecule has 0 aromatic heterocycles. The first-order chi connectivity index (χ1) is 12.3. The van der Waals surface area contributed by atoms with Crippen LogP contribution in [0, 0.1) is 10.1 Å². The van der Waals surface area contributed by atoms with Gasteiger partial charge in [-0.15, -0.1) is 0 Å². The number of carbonyl (C=O) groups is 1. The van der Waals surface area contributed by atoms with E-state index in [1.54, 1.807) is 4.90 Å². The molecule has 8 nitrogen and oxygen atoms in total. The maximum atomic E-state index is 12.3. The minimum atomic E-state index is -3.68. The first-order valence-electron chi connectivity index (χ1n) is 7.86. The van der Waals surface area contributed by atoms with E-state index in [9.17, 15) is 23.3 Å². The third-order valence-electron chi connectivity index (χ3n) is 4.13. The quantitative estimate of drug-likeness (QED) is 0.634. The van der Waals surface area contributed by atoms with Crippen LogP contribution in [-0.2, 0) is 14.6 Å². The average molecular weight is 375 g/mol. The van der Waals surface area contributed by atoms with Gasteiger partial charge in [-0.05, 0) is 18.2 Å². The lowest BCUT2D eigenvalue weighted by Crippen LogP contribution is -2.28. The third kappa shape index (κ3) is 3.67. The Morgan fingerprint density at radius 3 is 2.50 bits per heavy atom. The number of anilines is 2. The van der Waals surface area contributed by atoms with E-state index in [4.69, 9.17) is 0 Å². The number of non-ortho nitro benzene ring substituents is 1. The van der Waals surface area contributed by atoms with Crippen LogP contribution < -0.4 is 10.2 Å². The molecule has 2 aromatic carbocycles. The van der Waals surface area contributed by atoms with Gasteiger partial charge in [-0.3, -0.25) is 14.9 Å². The number of para-hydroxylation sites is 1. The molecule has 1 amide bonds. The monoisotopic (exact) mass is 375 g/mol. The lowest BCUT2D eigenvalue weighted by Gasteiger charge is -2.18. The maximum absolute atomic E-state index is 12.3. The van der Waals surface area contributed by atoms with E-state index in [1.165, 1.54) is 12.1 Å². The Labute approximate surface area is 150 Å². The van der Waals surface area contributed by atoms with Crippen molar-refractivity contribution in [1.82, 2.24) is 0 Å². The number of nitro groups is 1. The van der Waals surface area contributed by atoms with Gasteiger partial charge in [0.25, 0.3) is 5.69 Å². The molecule has 1 saturated heterocycles. The van der Waals surface area contributed by atoms with Gasteiger partial charge in [0.05, 0.1) is 21.5 Å². The SMILES string of the molecule is CS(=O)(=O)c1cc([N+](=O)[O-])ccc1NC1CC(=O)N(c2ccccc2)C1. The summed E-state index contributed by atoms with van der Waals surface area (Å²) in [5.41, 5.74) is 0.726. The lowest BCUT2D eigenvalue weighted by atomic mass is 10.2. The van der Waals surface area contributed by atoms with Gasteiger partial charge in [0.1, 0.15) is 0 Å². The summed E-state index contributed by atoms with van der Waals surface area (Å²) < 4.78 is 24.0. The highest BCUT2D eigenvalue weighted by Crippen LogP contribution is 2.29. The van der Waals surface area contributed by atoms with Crippen molar-refractivity contribution in [2.75, 3.05) is 23.0 Å². The summed E-state index contributed by atoms with van der Waals surface area (Å²) in [5.74, 6) is -0.0727. The van der Waals surface area contributed by atoms with Crippen molar-refractivity contribution >= 4 is 32.8 Å². The highest BCUT2D eigenvalue weighted by atomic mass is 32.2. The van der Waals surface area contributed by atoms with Crippen LogP contribution in [0.1, 0.15) is 6.42 Å². The minimum absolute atomic E-state index is 0.0727. The van der Waals surface area contributed by atoms with E-state index < -0.39 is 14.8 Å². The number of nitro benzene ring substituents is 1. The number of hydrogen-bond acceptors (Lipinski definition) is 6. The summed E-state index contributed by atoms with van der Waals surface area (Å²) in [4.78, 5) is 24.0. The van der Waals surface area contributed by atoms with E-state index in [2.05, 4.69) is 5.32 Å². The number of rotatable bonds is 5. The van der Waals surface area contributed by atoms with E-state index >= 15 is 0 Å². The van der Waals surface area contributed by atoms with Crippen LogP contribution in [0.15, 0.2) is 53.4 Å². The zero-order valence-corrected chi connectivity index (χ0v) is 14.8. The molecule has 9 heteroatoms. The number of sulfone groups is 1. The summed E-state index contributed by atoms with van der Waals surface area (Å²) in [6.07, 6.45) is 1.20. The molecule has 136 valence electrons. The third-order valence-corrected chi connectivity index (χ3v) is 5.26. The van der Waals surface area contributed by atoms with Gasteiger partial charge in [0, 0.05) is 37.0 Å². The summed E-state index contributed by atoms with van der Waals surface area (Å²) in [6, 6.07) is 12.5. The Balaban J connectivity index is 1.86. The van der Waals surface area contributed by atoms with Gasteiger partial charge in [0.15, 0.2) is 9.84 Å². The number of nitrogens with zero attached hydrogens (tertiary/aromatic N) is 2. The first kappa shape index (κ1) is 17.9. The van der Waals surface area contributed by atoms with Gasteiger partial charge in [-0.25, -0.2) is 8.42 Å². The van der Waals surface area contributed by atoms with Crippen molar-refractivity contribution in [1.29, 1.82) is 0 Å². The second-order valence-electron chi connectivity index (χ2n) is 6.10. The molecular formula is C17H17N3O5S. The van der Waals surface area contributed by atoms with Gasteiger partial charge < -0.3 is 10.2 Å². The molecule has 0 spiro atoms. The molecule has 1 unspecified atom stereocenters. The molecule has 0 radical (unpaired) electrons. The molecule has 3 rings (SSSR count). The van der Waals surface area contributed by atoms with Crippen LogP contribution in [0.4, 0.5) is 17.1 Å². The Bertz CT molecular complexity index is 960. The standard InChI is InChI=1S/C17H17N3O5S/c1-26(24,25)16-10-14(20(22)23)7-8-15(16)18-12-9-17(21)19(11-12)13-5-3-2-4-6-13/h2-8,10,12,18H,9,11H2,1H3. The van der Waals surface area contributed by atoms with E-state index in [-0.39, 0.29) is 34.6 Å². The Morgan fingerprint density at radius 1 is 1.19 bits per heavy atom. The predicted octanol–water partition coefficient (Wildman–Crippen LogP) is 2.22. The van der Waals surface area contributed by atoms with Crippen LogP contribution >= 0.6 is 0 Å². The predicted molar refractivity (Wildman–Crippen MR) is 97.0 cm³/mol. The summed E-state index contributed by atoms with van der Waals surface area (Å²) in [7, 11) is -3.68. The van der Waals surface area contributed by atoms with Crippen molar-refractivity contribution in [3.8, 4) is 0 Å². The Hall–Kier alpha value is -2.94. The maximum Gasteiger partial charge on any atom is 0.270 e. The molecule has 1 fully saturated rings. The zero-order chi connectivity index (χ0) is 18.9. The van der Waals surface area contributed by atoms with Crippen molar-refractivity contribution in [3.63, 3.8) is 0 Å². The van der Waals surface area contributed by atoms with Crippen molar-refractivity contribution in [3.05, 3.63) is 58.6 Å². The van der Waals surface area contributed by atoms with Gasteiger partial charge in [-0.1, -0.05) is 18.2 Å². The molecule has 0 bridgehead atoms. The molecule has 2 aromatic rings. The van der Waals surface area contributed by atoms with Gasteiger partial charge in [0.2, 0.25) is 5.91 Å². The summed E-state index contributed by atoms with van der Waals surface area (Å²) in [5, 5.41) is 14.0. The smallest absolute Gasteiger partial charge is 0.270 e. The van der Waals surface area contributed by atoms with E-state index in [0.29, 0.717) is 6.54 Å². The summed E-state index contributed by atoms with van der Waals surface area (Å²) >= 11 is 0. The largest absolute Gasteiger partial charge is 0.379 e. The van der Waals surface area contributed by atoms with E-state index in [0.717, 1.165) is 18.0 Å². The number of carbonyl (C=O) groups excluding carboxylic acids is 1. The van der Waals surface area contributed by atoms with Crippen molar-refractivity contribution in [2.45, 2.75) is 17.4 Å². The minimum Gasteiger partial charge on any atom is -0.379 e. The van der Waals surface area contributed by atoms with Crippen LogP contribution in [0.25, 0.3) is 0 Å². The van der Waals surface area contributed by atoms with Gasteiger partial charge in [-0.2, -0.15) is 0 Å². The number of benzene rings is 2. The fraction of sp³-hybridized carbons (Fsp3) is 0.235. The van der Waals surface area contributed by atoms with Crippen LogP contribution in [0.3, 0.4) is 0 Å². The van der Waals surface area contributed by atoms with Crippen molar-refractivity contribution in [2.24, 2.45) is 0 Å². The molecule has 26 heavy (non-hydrogen) atoms. The van der Waals surface area contributed by atoms with E-state index in [1.807, 2.05) is 30.3 Å². The highest BCUT2D eigenvalue weighted by Gasteiger charge is 2.31. The molecule has 1 heterocycles. The van der Waals surface area contributed by atoms with Crippen LogP contribution in [-0.4, -0.2) is 38.1 Å². The normalized spacial score (nSPS) is 17.3. The Kier molecular flexibility index (Phi) is 4.64. The fourth-order valence-electron chi connectivity index (χ4n) is 2.93. The number of hydrogen-bond donors (Lipinski definition) is 1. The zero-order valence-electron chi connectivity index (χ0n) is 14.0. The average Bonchev–Trinajstić information content (AvgIpc) is 2.95. The fourth-order valence-corrected chi connectivity index (χ4v) is 3.79. The topological polar surface area (TPSA) is 110 Å². The second kappa shape index (κ2) is 6.75. The molecule has 0 saturated carbocycles. The number of amides is 1. The molecule has 1 aliphatic rings. The molecule has 0 aliphatic carbocycles. The van der Waals surface area contributed by atoms with Gasteiger partial charge >= 0.3 is 0 Å². The molecule has 1 atom stereocenters. The molecule has 1 N–H and O–H groups in total. The second-order valence-corrected chi connectivity index (χ2v) is 8.08. The lowest BCUT2D eigenvalue weighted by molar-refractivity contribution is -0.385. The molecule has 1 aliphatic heterocycles. The number of nitrogens with one attached hydrogen (secondary N) is 1. The molecular weight excluding hydrogens is 358 g/mol. The van der Waals surface area contributed by atoms with Crippen LogP contribution in [0.2, 0.25) is 0 Å².